The highest BCUT2D eigenvalue weighted by atomic mass is 16.5. The second-order valence-electron chi connectivity index (χ2n) is 9.88. The minimum atomic E-state index is -0.726. The van der Waals surface area contributed by atoms with Crippen LogP contribution in [0.25, 0.3) is 5.76 Å². The van der Waals surface area contributed by atoms with Crippen molar-refractivity contribution in [2.24, 2.45) is 0 Å². The van der Waals surface area contributed by atoms with Crippen LogP contribution in [-0.4, -0.2) is 50.5 Å². The number of imidazole rings is 1. The zero-order valence-electron chi connectivity index (χ0n) is 21.8. The van der Waals surface area contributed by atoms with Crippen LogP contribution in [0.3, 0.4) is 0 Å². The number of ether oxygens (including phenoxy) is 2. The first-order chi connectivity index (χ1) is 18.5. The van der Waals surface area contributed by atoms with Crippen molar-refractivity contribution in [1.29, 1.82) is 0 Å². The summed E-state index contributed by atoms with van der Waals surface area (Å²) in [4.78, 5) is 32.4. The van der Waals surface area contributed by atoms with E-state index >= 15 is 0 Å². The summed E-state index contributed by atoms with van der Waals surface area (Å²) in [5.74, 6) is -0.0219. The average molecular weight is 516 g/mol. The van der Waals surface area contributed by atoms with Gasteiger partial charge in [-0.25, -0.2) is 4.98 Å². The third-order valence-corrected chi connectivity index (χ3v) is 7.02. The number of ketones is 1. The van der Waals surface area contributed by atoms with Gasteiger partial charge in [0, 0.05) is 37.5 Å². The van der Waals surface area contributed by atoms with Gasteiger partial charge in [-0.3, -0.25) is 9.59 Å². The van der Waals surface area contributed by atoms with Crippen LogP contribution in [-0.2, 0) is 22.6 Å². The molecule has 1 aromatic heterocycles. The van der Waals surface area contributed by atoms with Gasteiger partial charge in [-0.2, -0.15) is 0 Å². The lowest BCUT2D eigenvalue weighted by atomic mass is 9.94. The van der Waals surface area contributed by atoms with E-state index in [0.29, 0.717) is 37.4 Å². The topological polar surface area (TPSA) is 93.9 Å². The van der Waals surface area contributed by atoms with Crippen molar-refractivity contribution < 1.29 is 24.2 Å². The fourth-order valence-corrected chi connectivity index (χ4v) is 5.13. The van der Waals surface area contributed by atoms with Crippen molar-refractivity contribution in [2.45, 2.75) is 58.2 Å². The molecule has 2 aromatic carbocycles. The molecule has 38 heavy (non-hydrogen) atoms. The second-order valence-corrected chi connectivity index (χ2v) is 9.88. The van der Waals surface area contributed by atoms with Crippen molar-refractivity contribution in [2.75, 3.05) is 13.2 Å². The number of hydrogen-bond donors (Lipinski definition) is 1. The molecule has 3 aromatic rings. The minimum absolute atomic E-state index is 0.0546. The first-order valence-corrected chi connectivity index (χ1v) is 13.2. The maximum absolute atomic E-state index is 13.4. The van der Waals surface area contributed by atoms with E-state index in [0.717, 1.165) is 36.1 Å². The summed E-state index contributed by atoms with van der Waals surface area (Å²) in [6, 6.07) is 12.1. The zero-order valence-corrected chi connectivity index (χ0v) is 21.8. The Bertz CT molecular complexity index is 1350. The van der Waals surface area contributed by atoms with Crippen molar-refractivity contribution in [3.8, 4) is 11.5 Å². The number of nitrogens with zero attached hydrogens (tertiary/aromatic N) is 3. The lowest BCUT2D eigenvalue weighted by molar-refractivity contribution is -0.139. The Morgan fingerprint density at radius 3 is 2.82 bits per heavy atom. The van der Waals surface area contributed by atoms with Crippen LogP contribution in [0.15, 0.2) is 66.8 Å². The van der Waals surface area contributed by atoms with Crippen molar-refractivity contribution in [1.82, 2.24) is 14.5 Å². The zero-order chi connectivity index (χ0) is 26.6. The van der Waals surface area contributed by atoms with Crippen LogP contribution in [0.1, 0.15) is 55.8 Å². The number of likely N-dealkylation sites (tertiary alicyclic amines) is 1. The highest BCUT2D eigenvalue weighted by molar-refractivity contribution is 6.46. The molecule has 0 radical (unpaired) electrons. The molecule has 8 nitrogen and oxygen atoms in total. The van der Waals surface area contributed by atoms with Gasteiger partial charge >= 0.3 is 0 Å². The van der Waals surface area contributed by atoms with Gasteiger partial charge in [0.1, 0.15) is 23.4 Å². The number of carbonyl (C=O) groups is 2. The molecular weight excluding hydrogens is 482 g/mol. The lowest BCUT2D eigenvalue weighted by Crippen LogP contribution is -2.31. The van der Waals surface area contributed by atoms with Crippen LogP contribution < -0.4 is 9.47 Å². The Kier molecular flexibility index (Phi) is 7.49. The fourth-order valence-electron chi connectivity index (χ4n) is 5.13. The number of amides is 1. The van der Waals surface area contributed by atoms with E-state index in [2.05, 4.69) is 11.9 Å². The number of unbranched alkanes of at least 4 members (excludes halogenated alkanes) is 1. The van der Waals surface area contributed by atoms with Gasteiger partial charge in [0.25, 0.3) is 11.7 Å². The summed E-state index contributed by atoms with van der Waals surface area (Å²) in [6.45, 7) is 5.67. The van der Waals surface area contributed by atoms with E-state index in [1.165, 1.54) is 0 Å². The monoisotopic (exact) mass is 515 g/mol. The molecule has 1 saturated heterocycles. The molecule has 3 heterocycles. The van der Waals surface area contributed by atoms with Gasteiger partial charge in [-0.05, 0) is 61.2 Å². The SMILES string of the molecule is CCCCOc1cccc(C2C(=C(O)c3ccc4c(c3)CC(C)O4)C(=O)C(=O)N2CCCn2ccnc2)c1. The highest BCUT2D eigenvalue weighted by Gasteiger charge is 2.46. The predicted molar refractivity (Wildman–Crippen MR) is 143 cm³/mol. The third-order valence-electron chi connectivity index (χ3n) is 7.02. The molecule has 8 heteroatoms. The Balaban J connectivity index is 1.51. The number of rotatable bonds is 10. The molecule has 0 saturated carbocycles. The van der Waals surface area contributed by atoms with E-state index in [-0.39, 0.29) is 17.4 Å². The van der Waals surface area contributed by atoms with Gasteiger partial charge in [-0.15, -0.1) is 0 Å². The van der Waals surface area contributed by atoms with Crippen LogP contribution >= 0.6 is 0 Å². The number of aliphatic hydroxyl groups excluding tert-OH is 1. The van der Waals surface area contributed by atoms with Crippen LogP contribution in [0.4, 0.5) is 0 Å². The van der Waals surface area contributed by atoms with E-state index in [4.69, 9.17) is 9.47 Å². The van der Waals surface area contributed by atoms with Crippen molar-refractivity contribution in [3.63, 3.8) is 0 Å². The molecule has 2 atom stereocenters. The largest absolute Gasteiger partial charge is 0.507 e. The summed E-state index contributed by atoms with van der Waals surface area (Å²) < 4.78 is 13.6. The highest BCUT2D eigenvalue weighted by Crippen LogP contribution is 2.41. The smallest absolute Gasteiger partial charge is 0.295 e. The van der Waals surface area contributed by atoms with Gasteiger partial charge in [-0.1, -0.05) is 25.5 Å². The summed E-state index contributed by atoms with van der Waals surface area (Å²) in [6.07, 6.45) is 8.64. The summed E-state index contributed by atoms with van der Waals surface area (Å²) in [5, 5.41) is 11.5. The number of hydrogen-bond acceptors (Lipinski definition) is 6. The van der Waals surface area contributed by atoms with Crippen molar-refractivity contribution in [3.05, 3.63) is 83.4 Å². The lowest BCUT2D eigenvalue weighted by Gasteiger charge is -2.26. The van der Waals surface area contributed by atoms with Gasteiger partial charge in [0.15, 0.2) is 0 Å². The summed E-state index contributed by atoms with van der Waals surface area (Å²) >= 11 is 0. The van der Waals surface area contributed by atoms with Crippen LogP contribution in [0.5, 0.6) is 11.5 Å². The number of carbonyl (C=O) groups excluding carboxylic acids is 2. The first-order valence-electron chi connectivity index (χ1n) is 13.2. The van der Waals surface area contributed by atoms with E-state index in [1.807, 2.05) is 54.1 Å². The second kappa shape index (κ2) is 11.1. The quantitative estimate of drug-likeness (QED) is 0.179. The van der Waals surface area contributed by atoms with Crippen molar-refractivity contribution >= 4 is 17.4 Å². The van der Waals surface area contributed by atoms with Gasteiger partial charge in [0.2, 0.25) is 0 Å². The number of aryl methyl sites for hydroxylation is 1. The Morgan fingerprint density at radius 1 is 1.16 bits per heavy atom. The normalized spacial score (nSPS) is 20.0. The molecule has 0 spiro atoms. The number of aliphatic hydroxyl groups is 1. The summed E-state index contributed by atoms with van der Waals surface area (Å²) in [7, 11) is 0. The molecule has 0 aliphatic carbocycles. The molecule has 1 amide bonds. The maximum Gasteiger partial charge on any atom is 0.295 e. The molecule has 0 bridgehead atoms. The molecule has 5 rings (SSSR count). The van der Waals surface area contributed by atoms with Gasteiger partial charge < -0.3 is 24.0 Å². The fraction of sp³-hybridized carbons (Fsp3) is 0.367. The maximum atomic E-state index is 13.4. The van der Waals surface area contributed by atoms with E-state index < -0.39 is 17.7 Å². The number of Topliss-reactive ketones (excluding diaryl/α,β-unsaturated/α-hetero) is 1. The molecular formula is C30H33N3O5. The Labute approximate surface area is 222 Å². The van der Waals surface area contributed by atoms with Crippen LogP contribution in [0.2, 0.25) is 0 Å². The first kappa shape index (κ1) is 25.6. The van der Waals surface area contributed by atoms with Gasteiger partial charge in [0.05, 0.1) is 24.5 Å². The number of fused-ring (bicyclic) bond motifs is 1. The standard InChI is InChI=1S/C30H33N3O5/c1-3-4-15-37-24-8-5-7-21(18-24)27-26(28(34)22-9-10-25-23(17-22)16-20(2)38-25)29(35)30(36)33(27)13-6-12-32-14-11-31-19-32/h5,7-11,14,17-20,27,34H,3-4,6,12-13,15-16H2,1-2H3. The van der Waals surface area contributed by atoms with Crippen LogP contribution in [0, 0.1) is 0 Å². The predicted octanol–water partition coefficient (Wildman–Crippen LogP) is 4.90. The third kappa shape index (κ3) is 5.16. The Hall–Kier alpha value is -4.07. The molecule has 1 N–H and O–H groups in total. The van der Waals surface area contributed by atoms with E-state index in [9.17, 15) is 14.7 Å². The molecule has 198 valence electrons. The molecule has 1 fully saturated rings. The number of benzene rings is 2. The minimum Gasteiger partial charge on any atom is -0.507 e. The summed E-state index contributed by atoms with van der Waals surface area (Å²) in [5.41, 5.74) is 2.29. The Morgan fingerprint density at radius 2 is 2.03 bits per heavy atom. The van der Waals surface area contributed by atoms with E-state index in [1.54, 1.807) is 23.5 Å². The molecule has 2 unspecified atom stereocenters. The molecule has 2 aliphatic heterocycles. The number of aromatic nitrogens is 2. The average Bonchev–Trinajstić information content (AvgIpc) is 3.62. The molecule has 2 aliphatic rings.